The second-order valence-corrected chi connectivity index (χ2v) is 10.4. The number of rotatable bonds is 6. The Morgan fingerprint density at radius 3 is 2.39 bits per heavy atom. The number of carbonyl (C=O) groups is 1. The van der Waals surface area contributed by atoms with Crippen molar-refractivity contribution in [3.63, 3.8) is 0 Å². The van der Waals surface area contributed by atoms with Crippen molar-refractivity contribution in [2.24, 2.45) is 0 Å². The summed E-state index contributed by atoms with van der Waals surface area (Å²) < 4.78 is 39.8. The van der Waals surface area contributed by atoms with Crippen molar-refractivity contribution in [1.29, 1.82) is 0 Å². The Hall–Kier alpha value is -2.62. The van der Waals surface area contributed by atoms with Crippen molar-refractivity contribution in [2.75, 3.05) is 18.4 Å². The summed E-state index contributed by atoms with van der Waals surface area (Å²) in [4.78, 5) is 18.2. The molecule has 2 heterocycles. The molecule has 0 saturated carbocycles. The normalized spacial score (nSPS) is 14.6. The minimum atomic E-state index is -3.51. The molecule has 1 fully saturated rings. The second-order valence-electron chi connectivity index (χ2n) is 7.42. The van der Waals surface area contributed by atoms with E-state index in [0.717, 1.165) is 29.0 Å². The van der Waals surface area contributed by atoms with Crippen LogP contribution >= 0.6 is 11.3 Å². The molecule has 1 N–H and O–H groups in total. The summed E-state index contributed by atoms with van der Waals surface area (Å²) in [6.45, 7) is 2.94. The van der Waals surface area contributed by atoms with Crippen LogP contribution in [0.15, 0.2) is 53.4 Å². The van der Waals surface area contributed by atoms with Gasteiger partial charge >= 0.3 is 0 Å². The molecular formula is C22H22FN3O3S2. The minimum Gasteiger partial charge on any atom is -0.298 e. The molecule has 162 valence electrons. The SMILES string of the molecule is Cc1nc(NC(=O)c2ccc(S(=O)(=O)N3CCCC3)cc2)sc1Cc1ccc(F)cc1. The van der Waals surface area contributed by atoms with Gasteiger partial charge in [0.15, 0.2) is 5.13 Å². The average Bonchev–Trinajstić information content (AvgIpc) is 3.41. The molecule has 1 aliphatic heterocycles. The highest BCUT2D eigenvalue weighted by atomic mass is 32.2. The first-order valence-electron chi connectivity index (χ1n) is 9.95. The number of aryl methyl sites for hydroxylation is 1. The first-order chi connectivity index (χ1) is 14.8. The van der Waals surface area contributed by atoms with E-state index in [1.165, 1.54) is 52.0 Å². The number of sulfonamides is 1. The van der Waals surface area contributed by atoms with E-state index in [4.69, 9.17) is 0 Å². The Morgan fingerprint density at radius 2 is 1.74 bits per heavy atom. The Labute approximate surface area is 184 Å². The van der Waals surface area contributed by atoms with Crippen LogP contribution in [0.2, 0.25) is 0 Å². The van der Waals surface area contributed by atoms with E-state index in [2.05, 4.69) is 10.3 Å². The number of carbonyl (C=O) groups excluding carboxylic acids is 1. The van der Waals surface area contributed by atoms with E-state index in [0.29, 0.717) is 30.2 Å². The summed E-state index contributed by atoms with van der Waals surface area (Å²) >= 11 is 1.37. The van der Waals surface area contributed by atoms with Crippen molar-refractivity contribution in [1.82, 2.24) is 9.29 Å². The summed E-state index contributed by atoms with van der Waals surface area (Å²) in [5.41, 5.74) is 2.12. The van der Waals surface area contributed by atoms with Gasteiger partial charge in [0.1, 0.15) is 5.82 Å². The summed E-state index contributed by atoms with van der Waals surface area (Å²) in [5, 5.41) is 3.24. The average molecular weight is 460 g/mol. The van der Waals surface area contributed by atoms with Crippen LogP contribution in [0, 0.1) is 12.7 Å². The van der Waals surface area contributed by atoms with Gasteiger partial charge in [-0.25, -0.2) is 17.8 Å². The number of amides is 1. The van der Waals surface area contributed by atoms with Gasteiger partial charge in [-0.2, -0.15) is 4.31 Å². The zero-order chi connectivity index (χ0) is 22.0. The number of aromatic nitrogens is 1. The van der Waals surface area contributed by atoms with Crippen molar-refractivity contribution < 1.29 is 17.6 Å². The molecule has 0 radical (unpaired) electrons. The van der Waals surface area contributed by atoms with Crippen LogP contribution < -0.4 is 5.32 Å². The standard InChI is InChI=1S/C22H22FN3O3S2/c1-15-20(14-16-4-8-18(23)9-5-16)30-22(24-15)25-21(27)17-6-10-19(11-7-17)31(28,29)26-12-2-3-13-26/h4-11H,2-3,12-14H2,1H3,(H,24,25,27). The lowest BCUT2D eigenvalue weighted by molar-refractivity contribution is 0.102. The minimum absolute atomic E-state index is 0.192. The Bertz CT molecular complexity index is 1180. The molecule has 0 aliphatic carbocycles. The van der Waals surface area contributed by atoms with Gasteiger partial charge in [-0.3, -0.25) is 10.1 Å². The predicted octanol–water partition coefficient (Wildman–Crippen LogP) is 4.22. The number of halogens is 1. The molecule has 1 aliphatic rings. The second kappa shape index (κ2) is 8.86. The smallest absolute Gasteiger partial charge is 0.257 e. The van der Waals surface area contributed by atoms with Crippen LogP contribution in [0.3, 0.4) is 0 Å². The fourth-order valence-electron chi connectivity index (χ4n) is 3.46. The molecule has 1 amide bonds. The lowest BCUT2D eigenvalue weighted by Crippen LogP contribution is -2.27. The topological polar surface area (TPSA) is 79.4 Å². The third kappa shape index (κ3) is 4.84. The first-order valence-corrected chi connectivity index (χ1v) is 12.2. The van der Waals surface area contributed by atoms with Gasteiger partial charge in [0.05, 0.1) is 10.6 Å². The molecule has 0 atom stereocenters. The number of hydrogen-bond acceptors (Lipinski definition) is 5. The van der Waals surface area contributed by atoms with Gasteiger partial charge in [-0.15, -0.1) is 11.3 Å². The van der Waals surface area contributed by atoms with Crippen LogP contribution in [-0.2, 0) is 16.4 Å². The molecular weight excluding hydrogens is 437 g/mol. The van der Waals surface area contributed by atoms with E-state index in [1.807, 2.05) is 6.92 Å². The molecule has 1 saturated heterocycles. The van der Waals surface area contributed by atoms with Crippen LogP contribution in [0.1, 0.15) is 39.3 Å². The summed E-state index contributed by atoms with van der Waals surface area (Å²) in [7, 11) is -3.51. The van der Waals surface area contributed by atoms with Gasteiger partial charge in [0.25, 0.3) is 5.91 Å². The number of benzene rings is 2. The molecule has 3 aromatic rings. The van der Waals surface area contributed by atoms with E-state index in [-0.39, 0.29) is 16.6 Å². The van der Waals surface area contributed by atoms with Crippen molar-refractivity contribution in [2.45, 2.75) is 31.1 Å². The first kappa shape index (κ1) is 21.6. The van der Waals surface area contributed by atoms with Crippen LogP contribution in [-0.4, -0.2) is 36.7 Å². The fourth-order valence-corrected chi connectivity index (χ4v) is 5.97. The molecule has 2 aromatic carbocycles. The third-order valence-corrected chi connectivity index (χ3v) is 8.20. The lowest BCUT2D eigenvalue weighted by atomic mass is 10.1. The highest BCUT2D eigenvalue weighted by Crippen LogP contribution is 2.26. The molecule has 6 nitrogen and oxygen atoms in total. The lowest BCUT2D eigenvalue weighted by Gasteiger charge is -2.15. The van der Waals surface area contributed by atoms with Crippen LogP contribution in [0.5, 0.6) is 0 Å². The molecule has 1 aromatic heterocycles. The monoisotopic (exact) mass is 459 g/mol. The molecule has 31 heavy (non-hydrogen) atoms. The number of nitrogens with zero attached hydrogens (tertiary/aromatic N) is 2. The van der Waals surface area contributed by atoms with E-state index < -0.39 is 10.0 Å². The third-order valence-electron chi connectivity index (χ3n) is 5.21. The number of thiazole rings is 1. The predicted molar refractivity (Wildman–Crippen MR) is 118 cm³/mol. The molecule has 9 heteroatoms. The maximum Gasteiger partial charge on any atom is 0.257 e. The van der Waals surface area contributed by atoms with Crippen LogP contribution in [0.4, 0.5) is 9.52 Å². The van der Waals surface area contributed by atoms with Crippen molar-refractivity contribution >= 4 is 32.4 Å². The zero-order valence-electron chi connectivity index (χ0n) is 17.0. The number of anilines is 1. The quantitative estimate of drug-likeness (QED) is 0.599. The Morgan fingerprint density at radius 1 is 1.10 bits per heavy atom. The summed E-state index contributed by atoms with van der Waals surface area (Å²) in [5.74, 6) is -0.635. The van der Waals surface area contributed by atoms with Crippen molar-refractivity contribution in [3.8, 4) is 0 Å². The zero-order valence-corrected chi connectivity index (χ0v) is 18.6. The molecule has 0 spiro atoms. The summed E-state index contributed by atoms with van der Waals surface area (Å²) in [6, 6.07) is 12.3. The van der Waals surface area contributed by atoms with Gasteiger partial charge in [-0.05, 0) is 61.7 Å². The van der Waals surface area contributed by atoms with E-state index in [9.17, 15) is 17.6 Å². The summed E-state index contributed by atoms with van der Waals surface area (Å²) in [6.07, 6.45) is 2.34. The Balaban J connectivity index is 1.44. The number of hydrogen-bond donors (Lipinski definition) is 1. The molecule has 0 bridgehead atoms. The van der Waals surface area contributed by atoms with E-state index in [1.54, 1.807) is 12.1 Å². The fraction of sp³-hybridized carbons (Fsp3) is 0.273. The van der Waals surface area contributed by atoms with Gasteiger partial charge < -0.3 is 0 Å². The molecule has 4 rings (SSSR count). The van der Waals surface area contributed by atoms with Gasteiger partial charge in [0, 0.05) is 30.0 Å². The van der Waals surface area contributed by atoms with Crippen molar-refractivity contribution in [3.05, 3.63) is 76.0 Å². The maximum atomic E-state index is 13.1. The highest BCUT2D eigenvalue weighted by Gasteiger charge is 2.27. The van der Waals surface area contributed by atoms with Gasteiger partial charge in [0.2, 0.25) is 10.0 Å². The largest absolute Gasteiger partial charge is 0.298 e. The number of nitrogens with one attached hydrogen (secondary N) is 1. The Kier molecular flexibility index (Phi) is 6.17. The van der Waals surface area contributed by atoms with Crippen LogP contribution in [0.25, 0.3) is 0 Å². The maximum absolute atomic E-state index is 13.1. The van der Waals surface area contributed by atoms with Gasteiger partial charge in [-0.1, -0.05) is 12.1 Å². The highest BCUT2D eigenvalue weighted by molar-refractivity contribution is 7.89. The van der Waals surface area contributed by atoms with E-state index >= 15 is 0 Å². The molecule has 0 unspecified atom stereocenters.